The van der Waals surface area contributed by atoms with Crippen molar-refractivity contribution in [3.8, 4) is 0 Å². The first-order chi connectivity index (χ1) is 9.50. The SMILES string of the molecule is COCCn1ncc(Br)c1C(O)C(C(F)(F)F)C(F)(F)F. The van der Waals surface area contributed by atoms with E-state index in [9.17, 15) is 31.4 Å². The standard InChI is InChI=1S/C10H11BrF6N2O2/c1-21-3-2-19-6(5(11)4-18-19)7(20)8(9(12,13)14)10(15,16)17/h4,7-8,20H,2-3H2,1H3. The Hall–Kier alpha value is -0.810. The van der Waals surface area contributed by atoms with Gasteiger partial charge in [-0.15, -0.1) is 0 Å². The third-order valence-corrected chi connectivity index (χ3v) is 3.25. The zero-order valence-corrected chi connectivity index (χ0v) is 12.1. The van der Waals surface area contributed by atoms with Gasteiger partial charge in [0.15, 0.2) is 5.92 Å². The van der Waals surface area contributed by atoms with Crippen LogP contribution in [0, 0.1) is 5.92 Å². The van der Waals surface area contributed by atoms with Crippen LogP contribution in [0.3, 0.4) is 0 Å². The van der Waals surface area contributed by atoms with Crippen LogP contribution in [0.1, 0.15) is 11.8 Å². The summed E-state index contributed by atoms with van der Waals surface area (Å²) < 4.78 is 81.1. The molecule has 1 heterocycles. The first-order valence-corrected chi connectivity index (χ1v) is 6.31. The summed E-state index contributed by atoms with van der Waals surface area (Å²) in [6.07, 6.45) is -13.1. The molecule has 0 fully saturated rings. The molecule has 0 saturated heterocycles. The molecule has 0 radical (unpaired) electrons. The zero-order valence-electron chi connectivity index (χ0n) is 10.5. The van der Waals surface area contributed by atoms with Gasteiger partial charge in [0, 0.05) is 7.11 Å². The van der Waals surface area contributed by atoms with Gasteiger partial charge in [-0.3, -0.25) is 4.68 Å². The van der Waals surface area contributed by atoms with Crippen molar-refractivity contribution < 1.29 is 36.2 Å². The molecule has 21 heavy (non-hydrogen) atoms. The van der Waals surface area contributed by atoms with E-state index in [1.807, 2.05) is 0 Å². The van der Waals surface area contributed by atoms with Crippen LogP contribution in [0.2, 0.25) is 0 Å². The van der Waals surface area contributed by atoms with Gasteiger partial charge >= 0.3 is 12.4 Å². The lowest BCUT2D eigenvalue weighted by atomic mass is 9.98. The maximum Gasteiger partial charge on any atom is 0.403 e. The normalized spacial score (nSPS) is 14.8. The Kier molecular flexibility index (Phi) is 5.67. The van der Waals surface area contributed by atoms with Crippen molar-refractivity contribution >= 4 is 15.9 Å². The molecule has 122 valence electrons. The Labute approximate surface area is 123 Å². The minimum Gasteiger partial charge on any atom is -0.386 e. The summed E-state index contributed by atoms with van der Waals surface area (Å²) in [4.78, 5) is 0. The van der Waals surface area contributed by atoms with Crippen molar-refractivity contribution in [2.24, 2.45) is 5.92 Å². The van der Waals surface area contributed by atoms with Gasteiger partial charge in [0.2, 0.25) is 0 Å². The van der Waals surface area contributed by atoms with E-state index in [1.165, 1.54) is 7.11 Å². The molecule has 1 aromatic heterocycles. The van der Waals surface area contributed by atoms with E-state index < -0.39 is 30.1 Å². The van der Waals surface area contributed by atoms with Crippen molar-refractivity contribution in [3.05, 3.63) is 16.4 Å². The summed E-state index contributed by atoms with van der Waals surface area (Å²) in [7, 11) is 1.31. The maximum absolute atomic E-state index is 12.6. The Balaban J connectivity index is 3.21. The summed E-state index contributed by atoms with van der Waals surface area (Å²) >= 11 is 2.79. The van der Waals surface area contributed by atoms with E-state index in [1.54, 1.807) is 0 Å². The molecule has 0 aliphatic rings. The lowest BCUT2D eigenvalue weighted by molar-refractivity contribution is -0.308. The quantitative estimate of drug-likeness (QED) is 0.793. The largest absolute Gasteiger partial charge is 0.403 e. The molecule has 0 aliphatic carbocycles. The van der Waals surface area contributed by atoms with Crippen molar-refractivity contribution in [3.63, 3.8) is 0 Å². The Morgan fingerprint density at radius 2 is 1.81 bits per heavy atom. The number of hydrogen-bond donors (Lipinski definition) is 1. The van der Waals surface area contributed by atoms with Crippen LogP contribution in [0.4, 0.5) is 26.3 Å². The fraction of sp³-hybridized carbons (Fsp3) is 0.700. The van der Waals surface area contributed by atoms with Gasteiger partial charge in [-0.25, -0.2) is 0 Å². The first kappa shape index (κ1) is 18.2. The minimum absolute atomic E-state index is 0.0105. The van der Waals surface area contributed by atoms with E-state index >= 15 is 0 Å². The second-order valence-electron chi connectivity index (χ2n) is 4.10. The van der Waals surface area contributed by atoms with Crippen molar-refractivity contribution in [1.82, 2.24) is 9.78 Å². The van der Waals surface area contributed by atoms with Crippen LogP contribution in [0.25, 0.3) is 0 Å². The number of aliphatic hydroxyl groups is 1. The number of methoxy groups -OCH3 is 1. The Bertz CT molecular complexity index is 459. The molecule has 0 aliphatic heterocycles. The number of aromatic nitrogens is 2. The van der Waals surface area contributed by atoms with Crippen LogP contribution >= 0.6 is 15.9 Å². The lowest BCUT2D eigenvalue weighted by Crippen LogP contribution is -2.41. The van der Waals surface area contributed by atoms with Crippen molar-refractivity contribution in [2.45, 2.75) is 25.0 Å². The van der Waals surface area contributed by atoms with E-state index in [2.05, 4.69) is 25.8 Å². The predicted octanol–water partition coefficient (Wildman–Crippen LogP) is 3.07. The fourth-order valence-corrected chi connectivity index (χ4v) is 2.25. The number of halogens is 7. The smallest absolute Gasteiger partial charge is 0.386 e. The highest BCUT2D eigenvalue weighted by Gasteiger charge is 2.61. The predicted molar refractivity (Wildman–Crippen MR) is 62.4 cm³/mol. The monoisotopic (exact) mass is 384 g/mol. The van der Waals surface area contributed by atoms with E-state index in [-0.39, 0.29) is 17.6 Å². The molecule has 0 aromatic carbocycles. The minimum atomic E-state index is -5.65. The van der Waals surface area contributed by atoms with Crippen molar-refractivity contribution in [1.29, 1.82) is 0 Å². The van der Waals surface area contributed by atoms with Crippen LogP contribution in [-0.2, 0) is 11.3 Å². The highest BCUT2D eigenvalue weighted by atomic mass is 79.9. The second kappa shape index (κ2) is 6.53. The second-order valence-corrected chi connectivity index (χ2v) is 4.95. The molecule has 0 bridgehead atoms. The fourth-order valence-electron chi connectivity index (χ4n) is 1.72. The lowest BCUT2D eigenvalue weighted by Gasteiger charge is -2.28. The number of hydrogen-bond acceptors (Lipinski definition) is 3. The average Bonchev–Trinajstić information content (AvgIpc) is 2.63. The van der Waals surface area contributed by atoms with Gasteiger partial charge in [0.1, 0.15) is 6.10 Å². The molecule has 0 saturated carbocycles. The molecule has 11 heteroatoms. The number of alkyl halides is 6. The van der Waals surface area contributed by atoms with E-state index in [0.717, 1.165) is 10.9 Å². The van der Waals surface area contributed by atoms with Crippen molar-refractivity contribution in [2.75, 3.05) is 13.7 Å². The summed E-state index contributed by atoms with van der Waals surface area (Å²) in [5, 5.41) is 13.2. The summed E-state index contributed by atoms with van der Waals surface area (Å²) in [5.74, 6) is -3.90. The van der Waals surface area contributed by atoms with Gasteiger partial charge in [-0.2, -0.15) is 31.4 Å². The van der Waals surface area contributed by atoms with Gasteiger partial charge in [0.25, 0.3) is 0 Å². The van der Waals surface area contributed by atoms with Gasteiger partial charge in [-0.1, -0.05) is 0 Å². The van der Waals surface area contributed by atoms with E-state index in [0.29, 0.717) is 0 Å². The Morgan fingerprint density at radius 1 is 1.29 bits per heavy atom. The third-order valence-electron chi connectivity index (χ3n) is 2.64. The third kappa shape index (κ3) is 4.33. The van der Waals surface area contributed by atoms with Gasteiger partial charge < -0.3 is 9.84 Å². The number of nitrogens with zero attached hydrogens (tertiary/aromatic N) is 2. The summed E-state index contributed by atoms with van der Waals surface area (Å²) in [5.41, 5.74) is -0.605. The molecule has 0 amide bonds. The topological polar surface area (TPSA) is 47.3 Å². The van der Waals surface area contributed by atoms with Gasteiger partial charge in [-0.05, 0) is 15.9 Å². The van der Waals surface area contributed by atoms with E-state index in [4.69, 9.17) is 0 Å². The Morgan fingerprint density at radius 3 is 2.24 bits per heavy atom. The maximum atomic E-state index is 12.6. The molecule has 1 aromatic rings. The molecule has 4 nitrogen and oxygen atoms in total. The highest BCUT2D eigenvalue weighted by molar-refractivity contribution is 9.10. The highest BCUT2D eigenvalue weighted by Crippen LogP contribution is 2.47. The zero-order chi connectivity index (χ0) is 16.4. The van der Waals surface area contributed by atoms with Gasteiger partial charge in [0.05, 0.1) is 29.5 Å². The number of ether oxygens (including phenoxy) is 1. The summed E-state index contributed by atoms with van der Waals surface area (Å²) in [6.45, 7) is -0.0898. The van der Waals surface area contributed by atoms with Crippen LogP contribution in [-0.4, -0.2) is 41.0 Å². The molecule has 1 N–H and O–H groups in total. The van der Waals surface area contributed by atoms with Crippen LogP contribution < -0.4 is 0 Å². The van der Waals surface area contributed by atoms with Crippen LogP contribution in [0.15, 0.2) is 10.7 Å². The first-order valence-electron chi connectivity index (χ1n) is 5.51. The average molecular weight is 385 g/mol. The molecular formula is C10H11BrF6N2O2. The molecule has 1 unspecified atom stereocenters. The molecule has 1 rings (SSSR count). The molecular weight excluding hydrogens is 374 g/mol. The number of aliphatic hydroxyl groups excluding tert-OH is 1. The summed E-state index contributed by atoms with van der Waals surface area (Å²) in [6, 6.07) is 0. The molecule has 0 spiro atoms. The molecule has 1 atom stereocenters. The number of rotatable bonds is 5. The van der Waals surface area contributed by atoms with Crippen LogP contribution in [0.5, 0.6) is 0 Å².